The molecule has 0 spiro atoms. The van der Waals surface area contributed by atoms with Crippen molar-refractivity contribution in [3.8, 4) is 0 Å². The van der Waals surface area contributed by atoms with E-state index in [2.05, 4.69) is 0 Å². The standard InChI is InChI=1S/C13H21NO5S2/c1-3-20(15,16)14(10-11-19-21(17,18)4-2)12-13-8-6-5-7-9-13/h5-9H,3-4,10-12H2,1-2H3. The molecule has 0 aliphatic rings. The summed E-state index contributed by atoms with van der Waals surface area (Å²) in [6.07, 6.45) is 0. The normalized spacial score (nSPS) is 12.7. The van der Waals surface area contributed by atoms with Gasteiger partial charge in [-0.25, -0.2) is 8.42 Å². The van der Waals surface area contributed by atoms with Crippen molar-refractivity contribution < 1.29 is 21.0 Å². The summed E-state index contributed by atoms with van der Waals surface area (Å²) in [4.78, 5) is 0. The summed E-state index contributed by atoms with van der Waals surface area (Å²) in [5, 5.41) is 0. The lowest BCUT2D eigenvalue weighted by atomic mass is 10.2. The van der Waals surface area contributed by atoms with Gasteiger partial charge in [0.1, 0.15) is 0 Å². The first-order chi connectivity index (χ1) is 9.80. The van der Waals surface area contributed by atoms with Gasteiger partial charge in [-0.3, -0.25) is 4.18 Å². The fraction of sp³-hybridized carbons (Fsp3) is 0.538. The third kappa shape index (κ3) is 6.13. The van der Waals surface area contributed by atoms with Crippen LogP contribution in [0.5, 0.6) is 0 Å². The molecule has 21 heavy (non-hydrogen) atoms. The van der Waals surface area contributed by atoms with Gasteiger partial charge in [0.25, 0.3) is 10.1 Å². The summed E-state index contributed by atoms with van der Waals surface area (Å²) < 4.78 is 52.6. The van der Waals surface area contributed by atoms with E-state index < -0.39 is 20.1 Å². The average Bonchev–Trinajstić information content (AvgIpc) is 2.47. The van der Waals surface area contributed by atoms with Crippen molar-refractivity contribution in [2.24, 2.45) is 0 Å². The molecule has 0 saturated carbocycles. The number of nitrogens with zero attached hydrogens (tertiary/aromatic N) is 1. The first kappa shape index (κ1) is 18.1. The SMILES string of the molecule is CCS(=O)(=O)OCCN(Cc1ccccc1)S(=O)(=O)CC. The molecule has 0 atom stereocenters. The number of hydrogen-bond donors (Lipinski definition) is 0. The van der Waals surface area contributed by atoms with Crippen LogP contribution in [0, 0.1) is 0 Å². The van der Waals surface area contributed by atoms with E-state index in [9.17, 15) is 16.8 Å². The van der Waals surface area contributed by atoms with Crippen molar-refractivity contribution >= 4 is 20.1 Å². The molecule has 8 heteroatoms. The van der Waals surface area contributed by atoms with E-state index in [1.807, 2.05) is 30.3 Å². The van der Waals surface area contributed by atoms with Gasteiger partial charge in [0, 0.05) is 13.1 Å². The predicted molar refractivity (Wildman–Crippen MR) is 81.7 cm³/mol. The minimum absolute atomic E-state index is 0.00426. The van der Waals surface area contributed by atoms with Gasteiger partial charge in [-0.15, -0.1) is 0 Å². The zero-order valence-corrected chi connectivity index (χ0v) is 13.9. The van der Waals surface area contributed by atoms with E-state index in [0.717, 1.165) is 5.56 Å². The monoisotopic (exact) mass is 335 g/mol. The minimum atomic E-state index is -3.56. The molecular formula is C13H21NO5S2. The molecule has 0 bridgehead atoms. The molecule has 1 aromatic rings. The Morgan fingerprint density at radius 2 is 1.62 bits per heavy atom. The molecule has 0 fully saturated rings. The Balaban J connectivity index is 2.75. The van der Waals surface area contributed by atoms with E-state index in [1.165, 1.54) is 11.2 Å². The van der Waals surface area contributed by atoms with E-state index >= 15 is 0 Å². The van der Waals surface area contributed by atoms with Gasteiger partial charge in [0.15, 0.2) is 0 Å². The Hall–Kier alpha value is -0.960. The molecule has 0 unspecified atom stereocenters. The highest BCUT2D eigenvalue weighted by atomic mass is 32.2. The van der Waals surface area contributed by atoms with Crippen LogP contribution in [0.15, 0.2) is 30.3 Å². The molecule has 120 valence electrons. The van der Waals surface area contributed by atoms with Crippen LogP contribution in [0.25, 0.3) is 0 Å². The Labute approximate surface area is 126 Å². The van der Waals surface area contributed by atoms with Crippen LogP contribution in [0.3, 0.4) is 0 Å². The van der Waals surface area contributed by atoms with Gasteiger partial charge >= 0.3 is 0 Å². The first-order valence-electron chi connectivity index (χ1n) is 6.69. The molecule has 1 rings (SSSR count). The zero-order valence-electron chi connectivity index (χ0n) is 12.2. The van der Waals surface area contributed by atoms with Crippen molar-refractivity contribution in [3.63, 3.8) is 0 Å². The fourth-order valence-corrected chi connectivity index (χ4v) is 3.19. The van der Waals surface area contributed by atoms with E-state index in [1.54, 1.807) is 6.92 Å². The van der Waals surface area contributed by atoms with Crippen molar-refractivity contribution in [3.05, 3.63) is 35.9 Å². The molecule has 0 aliphatic heterocycles. The Kier molecular flexibility index (Phi) is 6.79. The quantitative estimate of drug-likeness (QED) is 0.634. The molecule has 1 aromatic carbocycles. The maximum Gasteiger partial charge on any atom is 0.267 e. The van der Waals surface area contributed by atoms with Gasteiger partial charge < -0.3 is 0 Å². The number of benzene rings is 1. The van der Waals surface area contributed by atoms with Crippen LogP contribution in [-0.2, 0) is 30.9 Å². The third-order valence-electron chi connectivity index (χ3n) is 2.92. The lowest BCUT2D eigenvalue weighted by Gasteiger charge is -2.21. The van der Waals surface area contributed by atoms with Gasteiger partial charge in [-0.2, -0.15) is 12.7 Å². The van der Waals surface area contributed by atoms with Crippen LogP contribution in [0.1, 0.15) is 19.4 Å². The van der Waals surface area contributed by atoms with Crippen LogP contribution in [-0.4, -0.2) is 45.8 Å². The van der Waals surface area contributed by atoms with Crippen molar-refractivity contribution in [1.29, 1.82) is 0 Å². The van der Waals surface area contributed by atoms with Gasteiger partial charge in [0.2, 0.25) is 10.0 Å². The number of rotatable bonds is 9. The molecular weight excluding hydrogens is 314 g/mol. The molecule has 0 amide bonds. The Bertz CT molecular complexity index is 626. The van der Waals surface area contributed by atoms with Gasteiger partial charge in [-0.05, 0) is 19.4 Å². The summed E-state index contributed by atoms with van der Waals surface area (Å²) in [6.45, 7) is 3.05. The van der Waals surface area contributed by atoms with Crippen LogP contribution < -0.4 is 0 Å². The van der Waals surface area contributed by atoms with Crippen LogP contribution >= 0.6 is 0 Å². The fourth-order valence-electron chi connectivity index (χ4n) is 1.64. The summed E-state index contributed by atoms with van der Waals surface area (Å²) in [5.41, 5.74) is 0.841. The second kappa shape index (κ2) is 7.88. The molecule has 6 nitrogen and oxygen atoms in total. The van der Waals surface area contributed by atoms with Crippen LogP contribution in [0.2, 0.25) is 0 Å². The van der Waals surface area contributed by atoms with Crippen molar-refractivity contribution in [2.45, 2.75) is 20.4 Å². The van der Waals surface area contributed by atoms with Crippen molar-refractivity contribution in [1.82, 2.24) is 4.31 Å². The van der Waals surface area contributed by atoms with E-state index in [-0.39, 0.29) is 31.2 Å². The second-order valence-electron chi connectivity index (χ2n) is 4.39. The maximum atomic E-state index is 12.0. The van der Waals surface area contributed by atoms with E-state index in [4.69, 9.17) is 4.18 Å². The summed E-state index contributed by atoms with van der Waals surface area (Å²) >= 11 is 0. The molecule has 0 aliphatic carbocycles. The molecule has 0 aromatic heterocycles. The molecule has 0 saturated heterocycles. The zero-order chi connectivity index (χ0) is 15.9. The van der Waals surface area contributed by atoms with Crippen molar-refractivity contribution in [2.75, 3.05) is 24.7 Å². The van der Waals surface area contributed by atoms with E-state index in [0.29, 0.717) is 0 Å². The highest BCUT2D eigenvalue weighted by molar-refractivity contribution is 7.89. The third-order valence-corrected chi connectivity index (χ3v) is 5.98. The number of sulfonamides is 1. The maximum absolute atomic E-state index is 12.0. The van der Waals surface area contributed by atoms with Gasteiger partial charge in [0.05, 0.1) is 18.1 Å². The Morgan fingerprint density at radius 3 is 2.14 bits per heavy atom. The first-order valence-corrected chi connectivity index (χ1v) is 9.88. The van der Waals surface area contributed by atoms with Gasteiger partial charge in [-0.1, -0.05) is 30.3 Å². The average molecular weight is 335 g/mol. The summed E-state index contributed by atoms with van der Waals surface area (Å²) in [7, 11) is -6.99. The molecule has 0 radical (unpaired) electrons. The summed E-state index contributed by atoms with van der Waals surface area (Å²) in [5.74, 6) is -0.174. The molecule has 0 heterocycles. The molecule has 0 N–H and O–H groups in total. The predicted octanol–water partition coefficient (Wildman–Crippen LogP) is 1.20. The highest BCUT2D eigenvalue weighted by Crippen LogP contribution is 2.10. The van der Waals surface area contributed by atoms with Crippen LogP contribution in [0.4, 0.5) is 0 Å². The Morgan fingerprint density at radius 1 is 1.00 bits per heavy atom. The minimum Gasteiger partial charge on any atom is -0.269 e. The lowest BCUT2D eigenvalue weighted by Crippen LogP contribution is -2.35. The summed E-state index contributed by atoms with van der Waals surface area (Å²) in [6, 6.07) is 9.14. The topological polar surface area (TPSA) is 80.8 Å². The lowest BCUT2D eigenvalue weighted by molar-refractivity contribution is 0.273. The highest BCUT2D eigenvalue weighted by Gasteiger charge is 2.21. The second-order valence-corrected chi connectivity index (χ2v) is 8.57. The smallest absolute Gasteiger partial charge is 0.267 e. The largest absolute Gasteiger partial charge is 0.269 e. The number of hydrogen-bond acceptors (Lipinski definition) is 5.